The van der Waals surface area contributed by atoms with Gasteiger partial charge in [-0.05, 0) is 26.7 Å². The molecule has 3 heterocycles. The Morgan fingerprint density at radius 1 is 1.46 bits per heavy atom. The molecule has 1 aliphatic rings. The molecule has 1 saturated heterocycles. The highest BCUT2D eigenvalue weighted by atomic mass is 32.1. The zero-order valence-corrected chi connectivity index (χ0v) is 14.6. The van der Waals surface area contributed by atoms with E-state index in [-0.39, 0.29) is 12.5 Å². The van der Waals surface area contributed by atoms with Gasteiger partial charge in [0, 0.05) is 32.0 Å². The second-order valence-corrected chi connectivity index (χ2v) is 7.35. The molecule has 0 bridgehead atoms. The van der Waals surface area contributed by atoms with E-state index in [0.717, 1.165) is 29.5 Å². The SMILES string of the molecule is Cc1nc(C)c(C(=O)NC[C@@]2(O)CCCN(c3cnccn3)C2)s1. The molecule has 1 aliphatic heterocycles. The number of hydrogen-bond acceptors (Lipinski definition) is 7. The van der Waals surface area contributed by atoms with Crippen LogP contribution in [0.15, 0.2) is 18.6 Å². The number of carbonyl (C=O) groups excluding carboxylic acids is 1. The summed E-state index contributed by atoms with van der Waals surface area (Å²) in [6.45, 7) is 5.15. The van der Waals surface area contributed by atoms with E-state index in [1.807, 2.05) is 18.7 Å². The first-order valence-corrected chi connectivity index (χ1v) is 8.74. The van der Waals surface area contributed by atoms with E-state index in [0.29, 0.717) is 17.8 Å². The lowest BCUT2D eigenvalue weighted by Gasteiger charge is -2.39. The summed E-state index contributed by atoms with van der Waals surface area (Å²) in [6, 6.07) is 0. The molecule has 2 N–H and O–H groups in total. The molecule has 2 aromatic rings. The third kappa shape index (κ3) is 3.70. The molecule has 0 unspecified atom stereocenters. The van der Waals surface area contributed by atoms with Crippen LogP contribution >= 0.6 is 11.3 Å². The van der Waals surface area contributed by atoms with Crippen LogP contribution in [-0.2, 0) is 0 Å². The van der Waals surface area contributed by atoms with Crippen molar-refractivity contribution >= 4 is 23.1 Å². The maximum absolute atomic E-state index is 12.3. The summed E-state index contributed by atoms with van der Waals surface area (Å²) in [7, 11) is 0. The second kappa shape index (κ2) is 6.82. The van der Waals surface area contributed by atoms with E-state index in [2.05, 4.69) is 20.3 Å². The van der Waals surface area contributed by atoms with E-state index in [4.69, 9.17) is 0 Å². The number of thiazole rings is 1. The van der Waals surface area contributed by atoms with Gasteiger partial charge in [-0.15, -0.1) is 11.3 Å². The fourth-order valence-corrected chi connectivity index (χ4v) is 3.81. The van der Waals surface area contributed by atoms with Crippen molar-refractivity contribution in [3.63, 3.8) is 0 Å². The molecule has 1 atom stereocenters. The molecule has 1 amide bonds. The lowest BCUT2D eigenvalue weighted by molar-refractivity contribution is 0.0254. The van der Waals surface area contributed by atoms with Gasteiger partial charge in [-0.2, -0.15) is 0 Å². The maximum Gasteiger partial charge on any atom is 0.263 e. The zero-order chi connectivity index (χ0) is 17.2. The average molecular weight is 347 g/mol. The third-order valence-electron chi connectivity index (χ3n) is 4.12. The van der Waals surface area contributed by atoms with Crippen molar-refractivity contribution in [2.24, 2.45) is 0 Å². The zero-order valence-electron chi connectivity index (χ0n) is 13.8. The summed E-state index contributed by atoms with van der Waals surface area (Å²) in [5, 5.41) is 14.6. The van der Waals surface area contributed by atoms with Crippen LogP contribution in [0.2, 0.25) is 0 Å². The smallest absolute Gasteiger partial charge is 0.263 e. The second-order valence-electron chi connectivity index (χ2n) is 6.14. The van der Waals surface area contributed by atoms with Crippen LogP contribution in [0.3, 0.4) is 0 Å². The number of nitrogens with one attached hydrogen (secondary N) is 1. The highest BCUT2D eigenvalue weighted by Crippen LogP contribution is 2.24. The molecule has 0 aliphatic carbocycles. The standard InChI is InChI=1S/C16H21N5O2S/c1-11-14(24-12(2)20-11)15(22)19-9-16(23)4-3-7-21(10-16)13-8-17-5-6-18-13/h5-6,8,23H,3-4,7,9-10H2,1-2H3,(H,19,22)/t16-/m0/s1. The molecular weight excluding hydrogens is 326 g/mol. The highest BCUT2D eigenvalue weighted by molar-refractivity contribution is 7.13. The first-order chi connectivity index (χ1) is 11.5. The predicted molar refractivity (Wildman–Crippen MR) is 92.4 cm³/mol. The monoisotopic (exact) mass is 347 g/mol. The van der Waals surface area contributed by atoms with Crippen molar-refractivity contribution in [3.05, 3.63) is 34.2 Å². The lowest BCUT2D eigenvalue weighted by atomic mass is 9.92. The normalized spacial score (nSPS) is 20.9. The Labute approximate surface area is 144 Å². The van der Waals surface area contributed by atoms with Crippen molar-refractivity contribution in [1.82, 2.24) is 20.3 Å². The summed E-state index contributed by atoms with van der Waals surface area (Å²) in [5.41, 5.74) is -0.245. The van der Waals surface area contributed by atoms with Gasteiger partial charge < -0.3 is 15.3 Å². The molecule has 128 valence electrons. The van der Waals surface area contributed by atoms with E-state index in [1.54, 1.807) is 18.6 Å². The Bertz CT molecular complexity index is 721. The van der Waals surface area contributed by atoms with Gasteiger partial charge in [-0.25, -0.2) is 9.97 Å². The van der Waals surface area contributed by atoms with Gasteiger partial charge in [-0.1, -0.05) is 0 Å². The van der Waals surface area contributed by atoms with Gasteiger partial charge in [0.15, 0.2) is 0 Å². The minimum Gasteiger partial charge on any atom is -0.386 e. The Morgan fingerprint density at radius 2 is 2.29 bits per heavy atom. The van der Waals surface area contributed by atoms with Crippen molar-refractivity contribution in [1.29, 1.82) is 0 Å². The third-order valence-corrected chi connectivity index (χ3v) is 5.19. The number of hydrogen-bond donors (Lipinski definition) is 2. The number of aryl methyl sites for hydroxylation is 2. The quantitative estimate of drug-likeness (QED) is 0.866. The first-order valence-electron chi connectivity index (χ1n) is 7.92. The number of amides is 1. The Balaban J connectivity index is 1.63. The van der Waals surface area contributed by atoms with Gasteiger partial charge in [0.05, 0.1) is 22.5 Å². The lowest BCUT2D eigenvalue weighted by Crippen LogP contribution is -2.54. The molecule has 0 aromatic carbocycles. The molecular formula is C16H21N5O2S. The highest BCUT2D eigenvalue weighted by Gasteiger charge is 2.34. The predicted octanol–water partition coefficient (Wildman–Crippen LogP) is 1.31. The van der Waals surface area contributed by atoms with Crippen LogP contribution in [0, 0.1) is 13.8 Å². The molecule has 8 heteroatoms. The summed E-state index contributed by atoms with van der Waals surface area (Å²) in [4.78, 5) is 27.6. The van der Waals surface area contributed by atoms with E-state index >= 15 is 0 Å². The number of rotatable bonds is 4. The van der Waals surface area contributed by atoms with Crippen molar-refractivity contribution < 1.29 is 9.90 Å². The van der Waals surface area contributed by atoms with Gasteiger partial charge in [-0.3, -0.25) is 9.78 Å². The average Bonchev–Trinajstić information content (AvgIpc) is 2.92. The van der Waals surface area contributed by atoms with Gasteiger partial charge in [0.25, 0.3) is 5.91 Å². The molecule has 7 nitrogen and oxygen atoms in total. The number of aromatic nitrogens is 3. The maximum atomic E-state index is 12.3. The summed E-state index contributed by atoms with van der Waals surface area (Å²) < 4.78 is 0. The molecule has 1 fully saturated rings. The molecule has 2 aromatic heterocycles. The topological polar surface area (TPSA) is 91.2 Å². The Kier molecular flexibility index (Phi) is 4.77. The summed E-state index contributed by atoms with van der Waals surface area (Å²) in [6.07, 6.45) is 6.43. The largest absolute Gasteiger partial charge is 0.386 e. The van der Waals surface area contributed by atoms with Crippen LogP contribution in [0.4, 0.5) is 5.82 Å². The fourth-order valence-electron chi connectivity index (χ4n) is 2.97. The molecule has 24 heavy (non-hydrogen) atoms. The van der Waals surface area contributed by atoms with Crippen LogP contribution < -0.4 is 10.2 Å². The number of piperidine rings is 1. The van der Waals surface area contributed by atoms with Gasteiger partial charge in [0.2, 0.25) is 0 Å². The van der Waals surface area contributed by atoms with Crippen LogP contribution in [0.5, 0.6) is 0 Å². The summed E-state index contributed by atoms with van der Waals surface area (Å²) in [5.74, 6) is 0.569. The van der Waals surface area contributed by atoms with Crippen molar-refractivity contribution in [2.45, 2.75) is 32.3 Å². The van der Waals surface area contributed by atoms with Crippen LogP contribution in [-0.4, -0.2) is 51.2 Å². The van der Waals surface area contributed by atoms with E-state index < -0.39 is 5.60 Å². The minimum absolute atomic E-state index is 0.178. The minimum atomic E-state index is -0.973. The number of β-amino-alcohol motifs (C(OH)–C–C–N with tert-alkyl or cyclic N) is 1. The number of aliphatic hydroxyl groups is 1. The molecule has 0 radical (unpaired) electrons. The molecule has 0 spiro atoms. The van der Waals surface area contributed by atoms with Gasteiger partial charge >= 0.3 is 0 Å². The number of carbonyl (C=O) groups is 1. The first kappa shape index (κ1) is 16.8. The summed E-state index contributed by atoms with van der Waals surface area (Å²) >= 11 is 1.37. The van der Waals surface area contributed by atoms with Crippen LogP contribution in [0.1, 0.15) is 33.2 Å². The Morgan fingerprint density at radius 3 is 2.96 bits per heavy atom. The van der Waals surface area contributed by atoms with E-state index in [1.165, 1.54) is 11.3 Å². The van der Waals surface area contributed by atoms with Crippen LogP contribution in [0.25, 0.3) is 0 Å². The Hall–Kier alpha value is -2.06. The number of anilines is 1. The van der Waals surface area contributed by atoms with Gasteiger partial charge in [0.1, 0.15) is 10.7 Å². The number of nitrogens with zero attached hydrogens (tertiary/aromatic N) is 4. The van der Waals surface area contributed by atoms with E-state index in [9.17, 15) is 9.90 Å². The molecule has 3 rings (SSSR count). The van der Waals surface area contributed by atoms with Crippen molar-refractivity contribution in [3.8, 4) is 0 Å². The molecule has 0 saturated carbocycles. The fraction of sp³-hybridized carbons (Fsp3) is 0.500. The van der Waals surface area contributed by atoms with Crippen molar-refractivity contribution in [2.75, 3.05) is 24.5 Å².